The molecular formula is C26H31N5O. The van der Waals surface area contributed by atoms with E-state index in [-0.39, 0.29) is 11.9 Å². The quantitative estimate of drug-likeness (QED) is 0.586. The second kappa shape index (κ2) is 8.94. The van der Waals surface area contributed by atoms with Crippen LogP contribution in [0, 0.1) is 6.92 Å². The third-order valence-electron chi connectivity index (χ3n) is 6.77. The van der Waals surface area contributed by atoms with Gasteiger partial charge in [-0.15, -0.1) is 0 Å². The highest BCUT2D eigenvalue weighted by molar-refractivity contribution is 5.95. The van der Waals surface area contributed by atoms with Gasteiger partial charge in [0.1, 0.15) is 11.6 Å². The molecule has 0 aliphatic carbocycles. The number of pyridine rings is 1. The van der Waals surface area contributed by atoms with E-state index >= 15 is 0 Å². The van der Waals surface area contributed by atoms with E-state index < -0.39 is 0 Å². The average Bonchev–Trinajstić information content (AvgIpc) is 2.81. The molecule has 1 fully saturated rings. The molecule has 2 aliphatic rings. The predicted molar refractivity (Wildman–Crippen MR) is 126 cm³/mol. The Morgan fingerprint density at radius 1 is 1.12 bits per heavy atom. The lowest BCUT2D eigenvalue weighted by Crippen LogP contribution is -2.39. The van der Waals surface area contributed by atoms with E-state index in [1.165, 1.54) is 23.8 Å². The monoisotopic (exact) mass is 429 g/mol. The third-order valence-corrected chi connectivity index (χ3v) is 6.77. The van der Waals surface area contributed by atoms with Crippen molar-refractivity contribution in [3.63, 3.8) is 0 Å². The molecule has 32 heavy (non-hydrogen) atoms. The Kier molecular flexibility index (Phi) is 5.87. The summed E-state index contributed by atoms with van der Waals surface area (Å²) in [5.41, 5.74) is 4.49. The van der Waals surface area contributed by atoms with E-state index in [2.05, 4.69) is 48.0 Å². The number of aromatic nitrogens is 3. The van der Waals surface area contributed by atoms with Gasteiger partial charge in [0.05, 0.1) is 11.6 Å². The molecule has 1 saturated heterocycles. The number of piperidine rings is 1. The van der Waals surface area contributed by atoms with Gasteiger partial charge in [0.15, 0.2) is 0 Å². The molecule has 0 bridgehead atoms. The molecule has 166 valence electrons. The number of fused-ring (bicyclic) bond motifs is 2. The Morgan fingerprint density at radius 3 is 2.91 bits per heavy atom. The van der Waals surface area contributed by atoms with Crippen molar-refractivity contribution >= 4 is 22.6 Å². The Bertz CT molecular complexity index is 1140. The second-order valence-electron chi connectivity index (χ2n) is 9.03. The molecule has 6 heteroatoms. The van der Waals surface area contributed by atoms with Crippen LogP contribution in [-0.2, 0) is 17.8 Å². The van der Waals surface area contributed by atoms with Crippen LogP contribution in [0.25, 0.3) is 10.9 Å². The number of amides is 1. The minimum Gasteiger partial charge on any atom is -0.296 e. The summed E-state index contributed by atoms with van der Waals surface area (Å²) in [6, 6.07) is 10.8. The zero-order valence-electron chi connectivity index (χ0n) is 19.0. The molecule has 0 saturated carbocycles. The fraction of sp³-hybridized carbons (Fsp3) is 0.462. The smallest absolute Gasteiger partial charge is 0.228 e. The molecule has 0 spiro atoms. The number of rotatable bonds is 5. The molecular weight excluding hydrogens is 398 g/mol. The number of hydrogen-bond acceptors (Lipinski definition) is 5. The van der Waals surface area contributed by atoms with E-state index in [0.29, 0.717) is 6.42 Å². The van der Waals surface area contributed by atoms with Gasteiger partial charge in [-0.2, -0.15) is 0 Å². The zero-order chi connectivity index (χ0) is 22.1. The van der Waals surface area contributed by atoms with Gasteiger partial charge in [0, 0.05) is 42.4 Å². The molecule has 4 heterocycles. The molecule has 0 radical (unpaired) electrons. The number of carbonyl (C=O) groups is 1. The minimum atomic E-state index is 0.179. The molecule has 6 nitrogen and oxygen atoms in total. The molecule has 2 aliphatic heterocycles. The van der Waals surface area contributed by atoms with Gasteiger partial charge in [0.2, 0.25) is 5.91 Å². The van der Waals surface area contributed by atoms with Crippen LogP contribution in [0.15, 0.2) is 36.5 Å². The highest BCUT2D eigenvalue weighted by atomic mass is 16.2. The van der Waals surface area contributed by atoms with Crippen LogP contribution in [0.5, 0.6) is 0 Å². The average molecular weight is 430 g/mol. The summed E-state index contributed by atoms with van der Waals surface area (Å²) < 4.78 is 0. The number of nitrogens with zero attached hydrogens (tertiary/aromatic N) is 5. The first-order chi connectivity index (χ1) is 15.6. The summed E-state index contributed by atoms with van der Waals surface area (Å²) in [6.45, 7) is 6.81. The largest absolute Gasteiger partial charge is 0.296 e. The first-order valence-corrected chi connectivity index (χ1v) is 11.9. The number of aryl methyl sites for hydroxylation is 1. The molecule has 3 aromatic rings. The van der Waals surface area contributed by atoms with E-state index in [1.54, 1.807) is 0 Å². The van der Waals surface area contributed by atoms with Crippen molar-refractivity contribution < 1.29 is 4.79 Å². The van der Waals surface area contributed by atoms with Crippen molar-refractivity contribution in [3.05, 3.63) is 59.2 Å². The van der Waals surface area contributed by atoms with Crippen LogP contribution in [0.2, 0.25) is 0 Å². The molecule has 1 unspecified atom stereocenters. The maximum absolute atomic E-state index is 12.6. The van der Waals surface area contributed by atoms with Crippen LogP contribution in [0.3, 0.4) is 0 Å². The topological polar surface area (TPSA) is 62.2 Å². The van der Waals surface area contributed by atoms with Gasteiger partial charge in [0.25, 0.3) is 0 Å². The zero-order valence-corrected chi connectivity index (χ0v) is 19.0. The number of likely N-dealkylation sites (tertiary alicyclic amines) is 1. The lowest BCUT2D eigenvalue weighted by Gasteiger charge is -2.36. The highest BCUT2D eigenvalue weighted by Gasteiger charge is 2.31. The molecule has 1 atom stereocenters. The first-order valence-electron chi connectivity index (χ1n) is 11.9. The summed E-state index contributed by atoms with van der Waals surface area (Å²) in [7, 11) is 0. The number of anilines is 1. The van der Waals surface area contributed by atoms with Crippen LogP contribution >= 0.6 is 0 Å². The number of carbonyl (C=O) groups excluding carboxylic acids is 1. The summed E-state index contributed by atoms with van der Waals surface area (Å²) in [4.78, 5) is 31.5. The maximum atomic E-state index is 12.6. The standard InChI is InChI=1S/C26H31N5O/c1-3-14-31-24(32)12-10-21-18(2)28-25(29-26(21)31)23-8-4-5-15-30(23)17-19-9-11-22-20(16-19)7-6-13-27-22/h6-7,9,11,13,16,23H,3-5,8,10,12,14-15,17H2,1-2H3. The number of hydrogen-bond donors (Lipinski definition) is 0. The Morgan fingerprint density at radius 2 is 2.03 bits per heavy atom. The van der Waals surface area contributed by atoms with Gasteiger partial charge < -0.3 is 0 Å². The summed E-state index contributed by atoms with van der Waals surface area (Å²) in [5.74, 6) is 1.92. The van der Waals surface area contributed by atoms with Gasteiger partial charge in [-0.3, -0.25) is 19.6 Å². The van der Waals surface area contributed by atoms with Gasteiger partial charge in [-0.25, -0.2) is 9.97 Å². The van der Waals surface area contributed by atoms with Crippen LogP contribution in [0.4, 0.5) is 5.82 Å². The van der Waals surface area contributed by atoms with Gasteiger partial charge in [-0.05, 0) is 62.9 Å². The maximum Gasteiger partial charge on any atom is 0.228 e. The Labute approximate surface area is 189 Å². The van der Waals surface area contributed by atoms with Crippen LogP contribution in [0.1, 0.15) is 67.7 Å². The second-order valence-corrected chi connectivity index (χ2v) is 9.03. The Hall–Kier alpha value is -2.86. The molecule has 2 aromatic heterocycles. The third kappa shape index (κ3) is 3.99. The normalized spacial score (nSPS) is 19.4. The van der Waals surface area contributed by atoms with Crippen molar-refractivity contribution in [3.8, 4) is 0 Å². The van der Waals surface area contributed by atoms with Gasteiger partial charge in [-0.1, -0.05) is 25.5 Å². The lowest BCUT2D eigenvalue weighted by atomic mass is 9.98. The van der Waals surface area contributed by atoms with E-state index in [9.17, 15) is 4.79 Å². The molecule has 1 aromatic carbocycles. The van der Waals surface area contributed by atoms with Crippen LogP contribution < -0.4 is 4.90 Å². The SMILES string of the molecule is CCCN1C(=O)CCc2c(C)nc(C3CCCCN3Cc3ccc4ncccc4c3)nc21. The minimum absolute atomic E-state index is 0.179. The summed E-state index contributed by atoms with van der Waals surface area (Å²) >= 11 is 0. The van der Waals surface area contributed by atoms with Gasteiger partial charge >= 0.3 is 0 Å². The van der Waals surface area contributed by atoms with Crippen molar-refractivity contribution in [2.24, 2.45) is 0 Å². The molecule has 0 N–H and O–H groups in total. The molecule has 5 rings (SSSR count). The highest BCUT2D eigenvalue weighted by Crippen LogP contribution is 2.35. The lowest BCUT2D eigenvalue weighted by molar-refractivity contribution is -0.119. The predicted octanol–water partition coefficient (Wildman–Crippen LogP) is 4.75. The molecule has 1 amide bonds. The van der Waals surface area contributed by atoms with Crippen molar-refractivity contribution in [1.29, 1.82) is 0 Å². The fourth-order valence-electron chi connectivity index (χ4n) is 5.14. The van der Waals surface area contributed by atoms with Crippen molar-refractivity contribution in [2.45, 2.75) is 65.0 Å². The Balaban J connectivity index is 1.47. The fourth-order valence-corrected chi connectivity index (χ4v) is 5.14. The van der Waals surface area contributed by atoms with Crippen molar-refractivity contribution in [2.75, 3.05) is 18.0 Å². The number of benzene rings is 1. The summed E-state index contributed by atoms with van der Waals surface area (Å²) in [5, 5.41) is 1.17. The van der Waals surface area contributed by atoms with E-state index in [1.807, 2.05) is 17.2 Å². The van der Waals surface area contributed by atoms with Crippen molar-refractivity contribution in [1.82, 2.24) is 19.9 Å². The summed E-state index contributed by atoms with van der Waals surface area (Å²) in [6.07, 6.45) is 7.49. The van der Waals surface area contributed by atoms with E-state index in [0.717, 1.165) is 67.3 Å². The van der Waals surface area contributed by atoms with Crippen LogP contribution in [-0.4, -0.2) is 38.8 Å². The van der Waals surface area contributed by atoms with E-state index in [4.69, 9.17) is 9.97 Å². The first kappa shape index (κ1) is 21.0.